The van der Waals surface area contributed by atoms with E-state index in [0.29, 0.717) is 28.4 Å². The highest BCUT2D eigenvalue weighted by Gasteiger charge is 2.24. The zero-order valence-electron chi connectivity index (χ0n) is 14.2. The van der Waals surface area contributed by atoms with Crippen LogP contribution in [-0.4, -0.2) is 43.5 Å². The van der Waals surface area contributed by atoms with Gasteiger partial charge in [0.25, 0.3) is 0 Å². The number of carbonyl (C=O) groups is 2. The molecule has 7 nitrogen and oxygen atoms in total. The lowest BCUT2D eigenvalue weighted by atomic mass is 9.90. The zero-order valence-corrected chi connectivity index (χ0v) is 14.2. The third kappa shape index (κ3) is 3.21. The summed E-state index contributed by atoms with van der Waals surface area (Å²) in [6.07, 6.45) is 0. The number of carboxylic acid groups (broad SMARTS) is 2. The number of hydrogen-bond acceptors (Lipinski definition) is 5. The zero-order chi connectivity index (χ0) is 18.7. The van der Waals surface area contributed by atoms with Crippen molar-refractivity contribution in [1.82, 2.24) is 0 Å². The summed E-state index contributed by atoms with van der Waals surface area (Å²) in [5.74, 6) is -1.53. The average Bonchev–Trinajstić information content (AvgIpc) is 2.59. The quantitative estimate of drug-likeness (QED) is 0.828. The van der Waals surface area contributed by atoms with Crippen molar-refractivity contribution in [2.24, 2.45) is 0 Å². The van der Waals surface area contributed by atoms with Crippen molar-refractivity contribution >= 4 is 11.9 Å². The van der Waals surface area contributed by atoms with Gasteiger partial charge in [-0.1, -0.05) is 6.07 Å². The molecule has 0 unspecified atom stereocenters. The molecule has 0 spiro atoms. The van der Waals surface area contributed by atoms with E-state index in [9.17, 15) is 19.8 Å². The lowest BCUT2D eigenvalue weighted by molar-refractivity contribution is 0.0695. The smallest absolute Gasteiger partial charge is 0.336 e. The molecule has 0 heterocycles. The number of aryl methyl sites for hydroxylation is 1. The van der Waals surface area contributed by atoms with E-state index in [4.69, 9.17) is 14.2 Å². The molecule has 0 atom stereocenters. The van der Waals surface area contributed by atoms with E-state index in [0.717, 1.165) is 0 Å². The normalized spacial score (nSPS) is 10.2. The molecule has 0 bridgehead atoms. The van der Waals surface area contributed by atoms with Crippen LogP contribution in [0.15, 0.2) is 24.3 Å². The van der Waals surface area contributed by atoms with Gasteiger partial charge in [0.2, 0.25) is 5.75 Å². The summed E-state index contributed by atoms with van der Waals surface area (Å²) in [6.45, 7) is 1.61. The van der Waals surface area contributed by atoms with E-state index in [1.165, 1.54) is 45.6 Å². The summed E-state index contributed by atoms with van der Waals surface area (Å²) in [7, 11) is 4.29. The van der Waals surface area contributed by atoms with Crippen molar-refractivity contribution < 1.29 is 34.0 Å². The van der Waals surface area contributed by atoms with Gasteiger partial charge in [-0.2, -0.15) is 0 Å². The summed E-state index contributed by atoms with van der Waals surface area (Å²) < 4.78 is 15.8. The second kappa shape index (κ2) is 7.12. The average molecular weight is 346 g/mol. The number of benzene rings is 2. The lowest BCUT2D eigenvalue weighted by Crippen LogP contribution is -2.09. The van der Waals surface area contributed by atoms with Gasteiger partial charge in [0, 0.05) is 5.56 Å². The standard InChI is InChI=1S/C18H18O7/c1-9-5-6-11(17(19)20)15(14(9)18(21)22)10-7-12(23-2)16(25-4)13(8-10)24-3/h5-8H,1-4H3,(H,19,20)(H,21,22). The van der Waals surface area contributed by atoms with Crippen molar-refractivity contribution in [2.75, 3.05) is 21.3 Å². The van der Waals surface area contributed by atoms with Gasteiger partial charge >= 0.3 is 11.9 Å². The fourth-order valence-corrected chi connectivity index (χ4v) is 2.69. The topological polar surface area (TPSA) is 102 Å². The van der Waals surface area contributed by atoms with Crippen molar-refractivity contribution in [3.8, 4) is 28.4 Å². The first-order valence-corrected chi connectivity index (χ1v) is 7.26. The van der Waals surface area contributed by atoms with Crippen LogP contribution in [0.2, 0.25) is 0 Å². The van der Waals surface area contributed by atoms with Crippen molar-refractivity contribution in [1.29, 1.82) is 0 Å². The van der Waals surface area contributed by atoms with Gasteiger partial charge in [0.1, 0.15) is 0 Å². The molecule has 0 aliphatic heterocycles. The molecule has 0 saturated heterocycles. The summed E-state index contributed by atoms with van der Waals surface area (Å²) in [6, 6.07) is 5.89. The molecule has 7 heteroatoms. The molecule has 2 aromatic carbocycles. The van der Waals surface area contributed by atoms with Crippen LogP contribution < -0.4 is 14.2 Å². The van der Waals surface area contributed by atoms with Gasteiger partial charge < -0.3 is 24.4 Å². The van der Waals surface area contributed by atoms with Crippen molar-refractivity contribution in [2.45, 2.75) is 6.92 Å². The minimum absolute atomic E-state index is 0.0826. The van der Waals surface area contributed by atoms with E-state index in [-0.39, 0.29) is 16.7 Å². The van der Waals surface area contributed by atoms with Gasteiger partial charge in [-0.15, -0.1) is 0 Å². The van der Waals surface area contributed by atoms with E-state index >= 15 is 0 Å². The third-order valence-corrected chi connectivity index (χ3v) is 3.81. The molecule has 0 aliphatic carbocycles. The van der Waals surface area contributed by atoms with E-state index in [2.05, 4.69) is 0 Å². The fourth-order valence-electron chi connectivity index (χ4n) is 2.69. The molecule has 25 heavy (non-hydrogen) atoms. The third-order valence-electron chi connectivity index (χ3n) is 3.81. The Morgan fingerprint density at radius 2 is 1.44 bits per heavy atom. The Morgan fingerprint density at radius 3 is 1.84 bits per heavy atom. The first-order chi connectivity index (χ1) is 11.8. The number of aromatic carboxylic acids is 2. The van der Waals surface area contributed by atoms with Crippen molar-refractivity contribution in [3.63, 3.8) is 0 Å². The predicted molar refractivity (Wildman–Crippen MR) is 90.2 cm³/mol. The molecule has 0 aliphatic rings. The predicted octanol–water partition coefficient (Wildman–Crippen LogP) is 3.08. The summed E-state index contributed by atoms with van der Waals surface area (Å²) >= 11 is 0. The minimum atomic E-state index is -1.23. The second-order valence-electron chi connectivity index (χ2n) is 5.20. The maximum absolute atomic E-state index is 11.7. The minimum Gasteiger partial charge on any atom is -0.493 e. The molecule has 0 amide bonds. The first kappa shape index (κ1) is 18.1. The van der Waals surface area contributed by atoms with E-state index < -0.39 is 11.9 Å². The maximum atomic E-state index is 11.7. The SMILES string of the molecule is COc1cc(-c2c(C(=O)O)ccc(C)c2C(=O)O)cc(OC)c1OC. The maximum Gasteiger partial charge on any atom is 0.336 e. The Balaban J connectivity index is 2.92. The van der Waals surface area contributed by atoms with Crippen LogP contribution in [0.25, 0.3) is 11.1 Å². The summed E-state index contributed by atoms with van der Waals surface area (Å²) in [5, 5.41) is 19.1. The lowest BCUT2D eigenvalue weighted by Gasteiger charge is -2.17. The number of ether oxygens (including phenoxy) is 3. The molecule has 132 valence electrons. The Labute approximate surface area is 144 Å². The van der Waals surface area contributed by atoms with Crippen LogP contribution in [0.1, 0.15) is 26.3 Å². The Kier molecular flexibility index (Phi) is 5.17. The molecule has 0 saturated carbocycles. The molecule has 0 radical (unpaired) electrons. The molecular formula is C18H18O7. The number of rotatable bonds is 6. The number of methoxy groups -OCH3 is 3. The largest absolute Gasteiger partial charge is 0.493 e. The van der Waals surface area contributed by atoms with Crippen molar-refractivity contribution in [3.05, 3.63) is 41.0 Å². The Hall–Kier alpha value is -3.22. The highest BCUT2D eigenvalue weighted by molar-refractivity contribution is 6.06. The van der Waals surface area contributed by atoms with Gasteiger partial charge in [-0.3, -0.25) is 0 Å². The highest BCUT2D eigenvalue weighted by Crippen LogP contribution is 2.43. The molecule has 2 rings (SSSR count). The van der Waals surface area contributed by atoms with E-state index in [1.807, 2.05) is 0 Å². The van der Waals surface area contributed by atoms with Gasteiger partial charge in [-0.05, 0) is 36.2 Å². The molecular weight excluding hydrogens is 328 g/mol. The van der Waals surface area contributed by atoms with Crippen LogP contribution in [0.4, 0.5) is 0 Å². The summed E-state index contributed by atoms with van der Waals surface area (Å²) in [5.41, 5.74) is 0.653. The van der Waals surface area contributed by atoms with Crippen LogP contribution in [-0.2, 0) is 0 Å². The number of hydrogen-bond donors (Lipinski definition) is 2. The van der Waals surface area contributed by atoms with Crippen LogP contribution in [0.5, 0.6) is 17.2 Å². The van der Waals surface area contributed by atoms with Gasteiger partial charge in [-0.25, -0.2) is 9.59 Å². The summed E-state index contributed by atoms with van der Waals surface area (Å²) in [4.78, 5) is 23.4. The Bertz CT molecular complexity index is 815. The number of carboxylic acids is 2. The second-order valence-corrected chi connectivity index (χ2v) is 5.20. The molecule has 2 N–H and O–H groups in total. The molecule has 0 fully saturated rings. The fraction of sp³-hybridized carbons (Fsp3) is 0.222. The van der Waals surface area contributed by atoms with Crippen LogP contribution in [0.3, 0.4) is 0 Å². The Morgan fingerprint density at radius 1 is 0.880 bits per heavy atom. The van der Waals surface area contributed by atoms with E-state index in [1.54, 1.807) is 6.92 Å². The monoisotopic (exact) mass is 346 g/mol. The first-order valence-electron chi connectivity index (χ1n) is 7.26. The molecule has 0 aromatic heterocycles. The van der Waals surface area contributed by atoms with Crippen LogP contribution >= 0.6 is 0 Å². The van der Waals surface area contributed by atoms with Gasteiger partial charge in [0.05, 0.1) is 32.5 Å². The highest BCUT2D eigenvalue weighted by atomic mass is 16.5. The van der Waals surface area contributed by atoms with Gasteiger partial charge in [0.15, 0.2) is 11.5 Å². The van der Waals surface area contributed by atoms with Crippen LogP contribution in [0, 0.1) is 6.92 Å². The molecule has 2 aromatic rings.